The van der Waals surface area contributed by atoms with E-state index in [-0.39, 0.29) is 5.57 Å². The van der Waals surface area contributed by atoms with Crippen LogP contribution in [0.15, 0.2) is 54.1 Å². The molecule has 1 N–H and O–H groups in total. The van der Waals surface area contributed by atoms with Gasteiger partial charge in [0.2, 0.25) is 0 Å². The number of nitrogens with one attached hydrogen (secondary N) is 1. The SMILES string of the molecule is CCOc1ccc(/C=C(\C#N)C(=O)Nc2ccccc2C)cc1. The van der Waals surface area contributed by atoms with Crippen molar-refractivity contribution in [3.05, 3.63) is 65.2 Å². The molecule has 2 aromatic rings. The zero-order chi connectivity index (χ0) is 16.7. The molecule has 0 atom stereocenters. The maximum absolute atomic E-state index is 12.2. The zero-order valence-electron chi connectivity index (χ0n) is 13.2. The van der Waals surface area contributed by atoms with Crippen LogP contribution in [0.1, 0.15) is 18.1 Å². The second kappa shape index (κ2) is 7.81. The number of benzene rings is 2. The third-order valence-corrected chi connectivity index (χ3v) is 3.26. The van der Waals surface area contributed by atoms with Gasteiger partial charge >= 0.3 is 0 Å². The van der Waals surface area contributed by atoms with Crippen LogP contribution >= 0.6 is 0 Å². The van der Waals surface area contributed by atoms with E-state index < -0.39 is 5.91 Å². The van der Waals surface area contributed by atoms with Gasteiger partial charge < -0.3 is 10.1 Å². The lowest BCUT2D eigenvalue weighted by atomic mass is 10.1. The first kappa shape index (κ1) is 16.3. The summed E-state index contributed by atoms with van der Waals surface area (Å²) < 4.78 is 5.37. The third-order valence-electron chi connectivity index (χ3n) is 3.26. The Balaban J connectivity index is 2.16. The van der Waals surface area contributed by atoms with E-state index in [0.717, 1.165) is 16.9 Å². The molecule has 0 saturated carbocycles. The zero-order valence-corrected chi connectivity index (χ0v) is 13.2. The van der Waals surface area contributed by atoms with E-state index in [1.807, 2.05) is 62.4 Å². The minimum Gasteiger partial charge on any atom is -0.494 e. The summed E-state index contributed by atoms with van der Waals surface area (Å²) in [6.07, 6.45) is 1.56. The van der Waals surface area contributed by atoms with Crippen LogP contribution in [0.3, 0.4) is 0 Å². The van der Waals surface area contributed by atoms with Gasteiger partial charge in [0.1, 0.15) is 17.4 Å². The number of ether oxygens (including phenoxy) is 1. The molecule has 0 spiro atoms. The molecule has 0 saturated heterocycles. The topological polar surface area (TPSA) is 62.1 Å². The number of anilines is 1. The van der Waals surface area contributed by atoms with Gasteiger partial charge in [0, 0.05) is 5.69 Å². The van der Waals surface area contributed by atoms with Crippen LogP contribution < -0.4 is 10.1 Å². The van der Waals surface area contributed by atoms with E-state index in [2.05, 4.69) is 5.32 Å². The van der Waals surface area contributed by atoms with Gasteiger partial charge in [0.15, 0.2) is 0 Å². The van der Waals surface area contributed by atoms with Gasteiger partial charge in [-0.25, -0.2) is 0 Å². The third kappa shape index (κ3) is 4.45. The van der Waals surface area contributed by atoms with E-state index in [1.54, 1.807) is 12.1 Å². The summed E-state index contributed by atoms with van der Waals surface area (Å²) in [5.74, 6) is 0.336. The van der Waals surface area contributed by atoms with E-state index in [9.17, 15) is 10.1 Å². The number of aryl methyl sites for hydroxylation is 1. The van der Waals surface area contributed by atoms with Gasteiger partial charge in [-0.05, 0) is 49.2 Å². The molecule has 0 aliphatic heterocycles. The molecule has 0 aliphatic carbocycles. The van der Waals surface area contributed by atoms with Crippen LogP contribution in [-0.4, -0.2) is 12.5 Å². The van der Waals surface area contributed by atoms with Crippen molar-refractivity contribution in [3.8, 4) is 11.8 Å². The molecule has 0 fully saturated rings. The Morgan fingerprint density at radius 3 is 2.52 bits per heavy atom. The molecule has 4 heteroatoms. The molecule has 0 bridgehead atoms. The van der Waals surface area contributed by atoms with Gasteiger partial charge in [-0.15, -0.1) is 0 Å². The van der Waals surface area contributed by atoms with Gasteiger partial charge in [-0.2, -0.15) is 5.26 Å². The Morgan fingerprint density at radius 1 is 1.22 bits per heavy atom. The number of nitrogens with zero attached hydrogens (tertiary/aromatic N) is 1. The molecule has 2 aromatic carbocycles. The van der Waals surface area contributed by atoms with Crippen molar-refractivity contribution >= 4 is 17.7 Å². The van der Waals surface area contributed by atoms with Crippen LogP contribution in [0.4, 0.5) is 5.69 Å². The monoisotopic (exact) mass is 306 g/mol. The summed E-state index contributed by atoms with van der Waals surface area (Å²) in [6.45, 7) is 4.41. The van der Waals surface area contributed by atoms with Crippen LogP contribution in [-0.2, 0) is 4.79 Å². The highest BCUT2D eigenvalue weighted by molar-refractivity contribution is 6.09. The number of amides is 1. The summed E-state index contributed by atoms with van der Waals surface area (Å²) in [4.78, 5) is 12.2. The number of para-hydroxylation sites is 1. The molecule has 1 amide bonds. The average molecular weight is 306 g/mol. The molecule has 0 heterocycles. The van der Waals surface area contributed by atoms with E-state index >= 15 is 0 Å². The highest BCUT2D eigenvalue weighted by atomic mass is 16.5. The quantitative estimate of drug-likeness (QED) is 0.672. The van der Waals surface area contributed by atoms with Crippen molar-refractivity contribution in [1.29, 1.82) is 5.26 Å². The molecule has 0 aromatic heterocycles. The number of rotatable bonds is 5. The minimum absolute atomic E-state index is 0.0532. The van der Waals surface area contributed by atoms with E-state index in [0.29, 0.717) is 12.3 Å². The molecular formula is C19H18N2O2. The molecule has 23 heavy (non-hydrogen) atoms. The second-order valence-electron chi connectivity index (χ2n) is 4.94. The van der Waals surface area contributed by atoms with Crippen molar-refractivity contribution in [3.63, 3.8) is 0 Å². The fraction of sp³-hybridized carbons (Fsp3) is 0.158. The Hall–Kier alpha value is -3.06. The van der Waals surface area contributed by atoms with E-state index in [4.69, 9.17) is 4.74 Å². The lowest BCUT2D eigenvalue weighted by Crippen LogP contribution is -2.14. The Morgan fingerprint density at radius 2 is 1.91 bits per heavy atom. The lowest BCUT2D eigenvalue weighted by molar-refractivity contribution is -0.112. The Kier molecular flexibility index (Phi) is 5.54. The highest BCUT2D eigenvalue weighted by Crippen LogP contribution is 2.17. The van der Waals surface area contributed by atoms with Crippen molar-refractivity contribution in [2.24, 2.45) is 0 Å². The number of carbonyl (C=O) groups is 1. The average Bonchev–Trinajstić information content (AvgIpc) is 2.56. The van der Waals surface area contributed by atoms with Gasteiger partial charge in [0.25, 0.3) is 5.91 Å². The minimum atomic E-state index is -0.421. The summed E-state index contributed by atoms with van der Waals surface area (Å²) in [7, 11) is 0. The number of hydrogen-bond donors (Lipinski definition) is 1. The molecule has 4 nitrogen and oxygen atoms in total. The predicted octanol–water partition coefficient (Wildman–Crippen LogP) is 3.94. The standard InChI is InChI=1S/C19H18N2O2/c1-3-23-17-10-8-15(9-11-17)12-16(13-20)19(22)21-18-7-5-4-6-14(18)2/h4-12H,3H2,1-2H3,(H,21,22)/b16-12+. The van der Waals surface area contributed by atoms with E-state index in [1.165, 1.54) is 0 Å². The van der Waals surface area contributed by atoms with Crippen LogP contribution in [0.5, 0.6) is 5.75 Å². The predicted molar refractivity (Wildman–Crippen MR) is 91.0 cm³/mol. The summed E-state index contributed by atoms with van der Waals surface area (Å²) in [5.41, 5.74) is 2.46. The van der Waals surface area contributed by atoms with Crippen LogP contribution in [0.2, 0.25) is 0 Å². The lowest BCUT2D eigenvalue weighted by Gasteiger charge is -2.07. The smallest absolute Gasteiger partial charge is 0.266 e. The Labute approximate surface area is 136 Å². The summed E-state index contributed by atoms with van der Waals surface area (Å²) in [5, 5.41) is 12.0. The van der Waals surface area contributed by atoms with Gasteiger partial charge in [0.05, 0.1) is 6.61 Å². The molecular weight excluding hydrogens is 288 g/mol. The maximum Gasteiger partial charge on any atom is 0.266 e. The van der Waals surface area contributed by atoms with Crippen molar-refractivity contribution in [1.82, 2.24) is 0 Å². The molecule has 2 rings (SSSR count). The first-order valence-corrected chi connectivity index (χ1v) is 7.35. The van der Waals surface area contributed by atoms with Crippen LogP contribution in [0, 0.1) is 18.3 Å². The number of carbonyl (C=O) groups excluding carboxylic acids is 1. The number of hydrogen-bond acceptors (Lipinski definition) is 3. The molecule has 0 aliphatic rings. The Bertz CT molecular complexity index is 756. The highest BCUT2D eigenvalue weighted by Gasteiger charge is 2.10. The van der Waals surface area contributed by atoms with Crippen molar-refractivity contribution in [2.45, 2.75) is 13.8 Å². The maximum atomic E-state index is 12.2. The normalized spacial score (nSPS) is 10.7. The van der Waals surface area contributed by atoms with Gasteiger partial charge in [-0.1, -0.05) is 30.3 Å². The number of nitriles is 1. The van der Waals surface area contributed by atoms with Crippen molar-refractivity contribution < 1.29 is 9.53 Å². The largest absolute Gasteiger partial charge is 0.494 e. The molecule has 0 unspecified atom stereocenters. The summed E-state index contributed by atoms with van der Waals surface area (Å²) in [6, 6.07) is 16.6. The fourth-order valence-electron chi connectivity index (χ4n) is 2.05. The summed E-state index contributed by atoms with van der Waals surface area (Å²) >= 11 is 0. The van der Waals surface area contributed by atoms with Crippen molar-refractivity contribution in [2.75, 3.05) is 11.9 Å². The fourth-order valence-corrected chi connectivity index (χ4v) is 2.05. The first-order valence-electron chi connectivity index (χ1n) is 7.35. The van der Waals surface area contributed by atoms with Crippen LogP contribution in [0.25, 0.3) is 6.08 Å². The second-order valence-corrected chi connectivity index (χ2v) is 4.94. The van der Waals surface area contributed by atoms with Gasteiger partial charge in [-0.3, -0.25) is 4.79 Å². The first-order chi connectivity index (χ1) is 11.1. The molecule has 116 valence electrons. The molecule has 0 radical (unpaired) electrons.